The molecule has 1 fully saturated rings. The lowest BCUT2D eigenvalue weighted by Crippen LogP contribution is -2.44. The van der Waals surface area contributed by atoms with Crippen molar-refractivity contribution in [1.29, 1.82) is 0 Å². The Labute approximate surface area is 114 Å². The number of ether oxygens (including phenoxy) is 1. The number of hydrogen-bond donors (Lipinski definition) is 1. The van der Waals surface area contributed by atoms with Gasteiger partial charge in [-0.25, -0.2) is 0 Å². The number of likely N-dealkylation sites (N-methyl/N-ethyl adjacent to an activating group) is 1. The van der Waals surface area contributed by atoms with Crippen molar-refractivity contribution in [2.75, 3.05) is 25.2 Å². The van der Waals surface area contributed by atoms with Crippen molar-refractivity contribution >= 4 is 11.8 Å². The molecule has 1 aromatic carbocycles. The van der Waals surface area contributed by atoms with Crippen LogP contribution in [0.25, 0.3) is 0 Å². The highest BCUT2D eigenvalue weighted by Crippen LogP contribution is 2.20. The van der Waals surface area contributed by atoms with Gasteiger partial charge in [0.05, 0.1) is 12.7 Å². The maximum absolute atomic E-state index is 5.89. The Morgan fingerprint density at radius 2 is 2.28 bits per heavy atom. The van der Waals surface area contributed by atoms with Crippen molar-refractivity contribution < 1.29 is 4.74 Å². The highest BCUT2D eigenvalue weighted by molar-refractivity contribution is 7.99. The summed E-state index contributed by atoms with van der Waals surface area (Å²) in [6.07, 6.45) is 1.39. The predicted molar refractivity (Wildman–Crippen MR) is 79.5 cm³/mol. The molecule has 0 aromatic heterocycles. The number of thioether (sulfide) groups is 1. The van der Waals surface area contributed by atoms with E-state index in [-0.39, 0.29) is 0 Å². The molecule has 0 saturated carbocycles. The van der Waals surface area contributed by atoms with Crippen LogP contribution in [-0.4, -0.2) is 37.3 Å². The first-order valence-corrected chi connectivity index (χ1v) is 7.79. The van der Waals surface area contributed by atoms with Gasteiger partial charge in [-0.1, -0.05) is 23.8 Å². The van der Waals surface area contributed by atoms with Crippen molar-refractivity contribution in [2.24, 2.45) is 0 Å². The number of nitrogens with one attached hydrogen (secondary N) is 1. The summed E-state index contributed by atoms with van der Waals surface area (Å²) in [5.74, 6) is 2.24. The fraction of sp³-hybridized carbons (Fsp3) is 0.600. The molecule has 0 aliphatic carbocycles. The summed E-state index contributed by atoms with van der Waals surface area (Å²) in [6, 6.07) is 7.11. The topological polar surface area (TPSA) is 21.3 Å². The van der Waals surface area contributed by atoms with Crippen LogP contribution in [0, 0.1) is 13.8 Å². The number of benzene rings is 1. The zero-order valence-electron chi connectivity index (χ0n) is 11.5. The average molecular weight is 265 g/mol. The zero-order chi connectivity index (χ0) is 13.0. The maximum atomic E-state index is 5.89. The third kappa shape index (κ3) is 3.50. The van der Waals surface area contributed by atoms with Crippen LogP contribution in [-0.2, 0) is 11.2 Å². The molecule has 0 bridgehead atoms. The standard InChI is InChI=1S/C15H23NOS/c1-11-4-5-12(2)13(8-11)9-14(16-3)15-10-18-7-6-17-15/h4-5,8,14-16H,6-7,9-10H2,1-3H3. The van der Waals surface area contributed by atoms with E-state index in [2.05, 4.69) is 37.4 Å². The van der Waals surface area contributed by atoms with E-state index in [0.717, 1.165) is 24.5 Å². The molecular weight excluding hydrogens is 242 g/mol. The molecule has 2 rings (SSSR count). The fourth-order valence-corrected chi connectivity index (χ4v) is 3.36. The Hall–Kier alpha value is -0.510. The lowest BCUT2D eigenvalue weighted by Gasteiger charge is -2.30. The van der Waals surface area contributed by atoms with Crippen LogP contribution < -0.4 is 5.32 Å². The monoisotopic (exact) mass is 265 g/mol. The van der Waals surface area contributed by atoms with Gasteiger partial charge in [0.2, 0.25) is 0 Å². The van der Waals surface area contributed by atoms with Crippen molar-refractivity contribution in [3.05, 3.63) is 34.9 Å². The van der Waals surface area contributed by atoms with Crippen LogP contribution in [0.3, 0.4) is 0 Å². The molecule has 2 unspecified atom stereocenters. The summed E-state index contributed by atoms with van der Waals surface area (Å²) in [4.78, 5) is 0. The Morgan fingerprint density at radius 3 is 2.94 bits per heavy atom. The largest absolute Gasteiger partial charge is 0.375 e. The van der Waals surface area contributed by atoms with Gasteiger partial charge in [0.25, 0.3) is 0 Å². The van der Waals surface area contributed by atoms with Gasteiger partial charge in [-0.15, -0.1) is 0 Å². The van der Waals surface area contributed by atoms with Crippen molar-refractivity contribution in [3.8, 4) is 0 Å². The van der Waals surface area contributed by atoms with Gasteiger partial charge in [-0.3, -0.25) is 0 Å². The molecule has 2 atom stereocenters. The van der Waals surface area contributed by atoms with Gasteiger partial charge >= 0.3 is 0 Å². The highest BCUT2D eigenvalue weighted by atomic mass is 32.2. The second-order valence-corrected chi connectivity index (χ2v) is 6.16. The lowest BCUT2D eigenvalue weighted by atomic mass is 9.96. The minimum atomic E-state index is 0.341. The van der Waals surface area contributed by atoms with E-state index in [9.17, 15) is 0 Å². The second kappa shape index (κ2) is 6.60. The molecule has 0 radical (unpaired) electrons. The predicted octanol–water partition coefficient (Wildman–Crippen LogP) is 2.57. The number of rotatable bonds is 4. The molecule has 1 N–H and O–H groups in total. The van der Waals surface area contributed by atoms with Crippen LogP contribution >= 0.6 is 11.8 Å². The normalized spacial score (nSPS) is 21.8. The van der Waals surface area contributed by atoms with E-state index in [1.54, 1.807) is 0 Å². The van der Waals surface area contributed by atoms with Crippen LogP contribution in [0.1, 0.15) is 16.7 Å². The highest BCUT2D eigenvalue weighted by Gasteiger charge is 2.24. The molecule has 1 heterocycles. The smallest absolute Gasteiger partial charge is 0.0821 e. The summed E-state index contributed by atoms with van der Waals surface area (Å²) in [6.45, 7) is 5.24. The zero-order valence-corrected chi connectivity index (χ0v) is 12.3. The van der Waals surface area contributed by atoms with Crippen LogP contribution in [0.15, 0.2) is 18.2 Å². The summed E-state index contributed by atoms with van der Waals surface area (Å²) in [5, 5.41) is 3.43. The Bertz CT molecular complexity index is 388. The maximum Gasteiger partial charge on any atom is 0.0821 e. The van der Waals surface area contributed by atoms with E-state index in [0.29, 0.717) is 12.1 Å². The second-order valence-electron chi connectivity index (χ2n) is 5.01. The van der Waals surface area contributed by atoms with E-state index in [4.69, 9.17) is 4.74 Å². The molecule has 0 amide bonds. The first-order valence-electron chi connectivity index (χ1n) is 6.63. The molecule has 1 saturated heterocycles. The molecule has 1 aromatic rings. The molecule has 1 aliphatic heterocycles. The van der Waals surface area contributed by atoms with Gasteiger partial charge in [-0.2, -0.15) is 11.8 Å². The Kier molecular flexibility index (Phi) is 5.10. The molecular formula is C15H23NOS. The minimum Gasteiger partial charge on any atom is -0.375 e. The molecule has 18 heavy (non-hydrogen) atoms. The first kappa shape index (κ1) is 13.9. The van der Waals surface area contributed by atoms with Crippen LogP contribution in [0.5, 0.6) is 0 Å². The molecule has 2 nitrogen and oxygen atoms in total. The SMILES string of the molecule is CNC(Cc1cc(C)ccc1C)C1CSCCO1. The summed E-state index contributed by atoms with van der Waals surface area (Å²) < 4.78 is 5.89. The number of aryl methyl sites for hydroxylation is 2. The summed E-state index contributed by atoms with van der Waals surface area (Å²) >= 11 is 2.00. The van der Waals surface area contributed by atoms with Crippen molar-refractivity contribution in [1.82, 2.24) is 5.32 Å². The van der Waals surface area contributed by atoms with Crippen LogP contribution in [0.4, 0.5) is 0 Å². The quantitative estimate of drug-likeness (QED) is 0.904. The Balaban J connectivity index is 2.06. The first-order chi connectivity index (χ1) is 8.70. The van der Waals surface area contributed by atoms with E-state index >= 15 is 0 Å². The van der Waals surface area contributed by atoms with E-state index < -0.39 is 0 Å². The van der Waals surface area contributed by atoms with E-state index in [1.807, 2.05) is 18.8 Å². The summed E-state index contributed by atoms with van der Waals surface area (Å²) in [7, 11) is 2.04. The summed E-state index contributed by atoms with van der Waals surface area (Å²) in [5.41, 5.74) is 4.15. The third-order valence-electron chi connectivity index (χ3n) is 3.61. The lowest BCUT2D eigenvalue weighted by molar-refractivity contribution is 0.0492. The van der Waals surface area contributed by atoms with Gasteiger partial charge < -0.3 is 10.1 Å². The molecule has 3 heteroatoms. The average Bonchev–Trinajstić information content (AvgIpc) is 2.41. The number of hydrogen-bond acceptors (Lipinski definition) is 3. The molecule has 100 valence electrons. The van der Waals surface area contributed by atoms with E-state index in [1.165, 1.54) is 16.7 Å². The van der Waals surface area contributed by atoms with Gasteiger partial charge in [-0.05, 0) is 38.4 Å². The third-order valence-corrected chi connectivity index (χ3v) is 4.63. The Morgan fingerprint density at radius 1 is 1.44 bits per heavy atom. The van der Waals surface area contributed by atoms with Gasteiger partial charge in [0.15, 0.2) is 0 Å². The van der Waals surface area contributed by atoms with Gasteiger partial charge in [0.1, 0.15) is 0 Å². The van der Waals surface area contributed by atoms with Crippen molar-refractivity contribution in [2.45, 2.75) is 32.4 Å². The van der Waals surface area contributed by atoms with Crippen molar-refractivity contribution in [3.63, 3.8) is 0 Å². The molecule has 0 spiro atoms. The van der Waals surface area contributed by atoms with Crippen LogP contribution in [0.2, 0.25) is 0 Å². The van der Waals surface area contributed by atoms with Gasteiger partial charge in [0, 0.05) is 17.5 Å². The minimum absolute atomic E-state index is 0.341. The fourth-order valence-electron chi connectivity index (χ4n) is 2.41. The molecule has 1 aliphatic rings.